The van der Waals surface area contributed by atoms with E-state index >= 15 is 0 Å². The van der Waals surface area contributed by atoms with Crippen molar-refractivity contribution in [2.75, 3.05) is 7.05 Å². The van der Waals surface area contributed by atoms with Gasteiger partial charge in [-0.05, 0) is 17.7 Å². The van der Waals surface area contributed by atoms with Crippen molar-refractivity contribution < 1.29 is 4.79 Å². The SMILES string of the molecule is Cc1ccc(-c2nnn(CC(=O)N(C)Cc3ccccc3)n2)cc1. The van der Waals surface area contributed by atoms with Gasteiger partial charge in [0.25, 0.3) is 0 Å². The minimum atomic E-state index is -0.0632. The van der Waals surface area contributed by atoms with Crippen molar-refractivity contribution in [2.24, 2.45) is 0 Å². The summed E-state index contributed by atoms with van der Waals surface area (Å²) in [5.41, 5.74) is 3.14. The van der Waals surface area contributed by atoms with Crippen molar-refractivity contribution >= 4 is 5.91 Å². The van der Waals surface area contributed by atoms with E-state index in [1.807, 2.05) is 61.5 Å². The minimum absolute atomic E-state index is 0.0632. The highest BCUT2D eigenvalue weighted by Gasteiger charge is 2.13. The van der Waals surface area contributed by atoms with Gasteiger partial charge >= 0.3 is 0 Å². The van der Waals surface area contributed by atoms with Gasteiger partial charge in [0.15, 0.2) is 0 Å². The van der Waals surface area contributed by atoms with E-state index in [-0.39, 0.29) is 12.5 Å². The molecule has 0 N–H and O–H groups in total. The van der Waals surface area contributed by atoms with Crippen LogP contribution in [0.25, 0.3) is 11.4 Å². The zero-order valence-electron chi connectivity index (χ0n) is 13.8. The van der Waals surface area contributed by atoms with E-state index in [0.717, 1.165) is 11.1 Å². The number of aryl methyl sites for hydroxylation is 1. The van der Waals surface area contributed by atoms with E-state index < -0.39 is 0 Å². The Morgan fingerprint density at radius 3 is 2.50 bits per heavy atom. The summed E-state index contributed by atoms with van der Waals surface area (Å²) in [5, 5.41) is 12.3. The van der Waals surface area contributed by atoms with E-state index in [4.69, 9.17) is 0 Å². The van der Waals surface area contributed by atoms with Crippen LogP contribution in [0.4, 0.5) is 0 Å². The van der Waals surface area contributed by atoms with Gasteiger partial charge in [-0.3, -0.25) is 4.79 Å². The summed E-state index contributed by atoms with van der Waals surface area (Å²) in [7, 11) is 1.77. The molecule has 6 heteroatoms. The molecule has 0 atom stereocenters. The summed E-state index contributed by atoms with van der Waals surface area (Å²) in [6, 6.07) is 17.7. The summed E-state index contributed by atoms with van der Waals surface area (Å²) < 4.78 is 0. The molecule has 3 aromatic rings. The number of nitrogens with zero attached hydrogens (tertiary/aromatic N) is 5. The van der Waals surface area contributed by atoms with E-state index in [1.165, 1.54) is 10.4 Å². The Balaban J connectivity index is 1.63. The highest BCUT2D eigenvalue weighted by atomic mass is 16.2. The molecule has 1 heterocycles. The van der Waals surface area contributed by atoms with Crippen LogP contribution >= 0.6 is 0 Å². The van der Waals surface area contributed by atoms with Gasteiger partial charge in [-0.15, -0.1) is 10.2 Å². The highest BCUT2D eigenvalue weighted by molar-refractivity contribution is 5.75. The first-order valence-electron chi connectivity index (χ1n) is 7.74. The molecule has 1 amide bonds. The first kappa shape index (κ1) is 15.9. The third-order valence-electron chi connectivity index (χ3n) is 3.73. The molecule has 0 aliphatic heterocycles. The molecule has 1 aromatic heterocycles. The lowest BCUT2D eigenvalue weighted by atomic mass is 10.1. The van der Waals surface area contributed by atoms with Gasteiger partial charge in [0.1, 0.15) is 6.54 Å². The predicted octanol–water partition coefficient (Wildman–Crippen LogP) is 2.31. The van der Waals surface area contributed by atoms with Crippen LogP contribution in [0.2, 0.25) is 0 Å². The average Bonchev–Trinajstić information content (AvgIpc) is 3.05. The largest absolute Gasteiger partial charge is 0.340 e. The van der Waals surface area contributed by atoms with Crippen LogP contribution in [0.3, 0.4) is 0 Å². The topological polar surface area (TPSA) is 63.9 Å². The number of likely N-dealkylation sites (N-methyl/N-ethyl adjacent to an activating group) is 1. The zero-order valence-corrected chi connectivity index (χ0v) is 13.8. The minimum Gasteiger partial charge on any atom is -0.340 e. The number of aromatic nitrogens is 4. The predicted molar refractivity (Wildman–Crippen MR) is 90.9 cm³/mol. The second kappa shape index (κ2) is 7.04. The first-order valence-corrected chi connectivity index (χ1v) is 7.74. The average molecular weight is 321 g/mol. The van der Waals surface area contributed by atoms with E-state index in [0.29, 0.717) is 12.4 Å². The molecule has 122 valence electrons. The van der Waals surface area contributed by atoms with E-state index in [9.17, 15) is 4.79 Å². The van der Waals surface area contributed by atoms with Gasteiger partial charge in [-0.25, -0.2) is 0 Å². The standard InChI is InChI=1S/C18H19N5O/c1-14-8-10-16(11-9-14)18-19-21-23(20-18)13-17(24)22(2)12-15-6-4-3-5-7-15/h3-11H,12-13H2,1-2H3. The Hall–Kier alpha value is -3.02. The lowest BCUT2D eigenvalue weighted by Gasteiger charge is -2.16. The fourth-order valence-electron chi connectivity index (χ4n) is 2.32. The molecule has 0 unspecified atom stereocenters. The van der Waals surface area contributed by atoms with Crippen molar-refractivity contribution in [1.82, 2.24) is 25.1 Å². The number of amides is 1. The number of hydrogen-bond acceptors (Lipinski definition) is 4. The summed E-state index contributed by atoms with van der Waals surface area (Å²) in [6.07, 6.45) is 0. The first-order chi connectivity index (χ1) is 11.6. The van der Waals surface area contributed by atoms with Crippen molar-refractivity contribution in [2.45, 2.75) is 20.0 Å². The molecule has 2 aromatic carbocycles. The summed E-state index contributed by atoms with van der Waals surface area (Å²) in [4.78, 5) is 15.3. The molecule has 0 aliphatic rings. The smallest absolute Gasteiger partial charge is 0.246 e. The third kappa shape index (κ3) is 3.84. The molecule has 0 fully saturated rings. The zero-order chi connectivity index (χ0) is 16.9. The number of benzene rings is 2. The van der Waals surface area contributed by atoms with E-state index in [1.54, 1.807) is 11.9 Å². The molecular weight excluding hydrogens is 302 g/mol. The van der Waals surface area contributed by atoms with Gasteiger partial charge in [-0.2, -0.15) is 4.80 Å². The van der Waals surface area contributed by atoms with Crippen LogP contribution in [0.5, 0.6) is 0 Å². The molecular formula is C18H19N5O. The Bertz CT molecular complexity index is 811. The van der Waals surface area contributed by atoms with Crippen LogP contribution in [0, 0.1) is 6.92 Å². The van der Waals surface area contributed by atoms with Gasteiger partial charge < -0.3 is 4.90 Å². The van der Waals surface area contributed by atoms with Gasteiger partial charge in [0, 0.05) is 19.2 Å². The maximum Gasteiger partial charge on any atom is 0.246 e. The molecule has 0 aliphatic carbocycles. The quantitative estimate of drug-likeness (QED) is 0.723. The molecule has 24 heavy (non-hydrogen) atoms. The number of rotatable bonds is 5. The molecule has 0 saturated heterocycles. The monoisotopic (exact) mass is 321 g/mol. The second-order valence-electron chi connectivity index (χ2n) is 5.74. The lowest BCUT2D eigenvalue weighted by Crippen LogP contribution is -2.30. The summed E-state index contributed by atoms with van der Waals surface area (Å²) >= 11 is 0. The normalized spacial score (nSPS) is 10.6. The van der Waals surface area contributed by atoms with Crippen LogP contribution < -0.4 is 0 Å². The maximum absolute atomic E-state index is 12.3. The lowest BCUT2D eigenvalue weighted by molar-refractivity contribution is -0.131. The van der Waals surface area contributed by atoms with Crippen LogP contribution in [0.15, 0.2) is 54.6 Å². The summed E-state index contributed by atoms with van der Waals surface area (Å²) in [5.74, 6) is 0.459. The van der Waals surface area contributed by atoms with Crippen molar-refractivity contribution in [3.05, 3.63) is 65.7 Å². The van der Waals surface area contributed by atoms with Crippen molar-refractivity contribution in [3.63, 3.8) is 0 Å². The van der Waals surface area contributed by atoms with E-state index in [2.05, 4.69) is 15.4 Å². The summed E-state index contributed by atoms with van der Waals surface area (Å²) in [6.45, 7) is 2.65. The molecule has 0 radical (unpaired) electrons. The Labute approximate surface area is 140 Å². The Morgan fingerprint density at radius 1 is 1.08 bits per heavy atom. The molecule has 0 saturated carbocycles. The maximum atomic E-state index is 12.3. The van der Waals surface area contributed by atoms with Crippen LogP contribution in [-0.4, -0.2) is 38.1 Å². The number of tetrazole rings is 1. The van der Waals surface area contributed by atoms with Gasteiger partial charge in [0.05, 0.1) is 0 Å². The van der Waals surface area contributed by atoms with Crippen molar-refractivity contribution in [1.29, 1.82) is 0 Å². The van der Waals surface area contributed by atoms with Gasteiger partial charge in [-0.1, -0.05) is 60.2 Å². The third-order valence-corrected chi connectivity index (χ3v) is 3.73. The number of hydrogen-bond donors (Lipinski definition) is 0. The highest BCUT2D eigenvalue weighted by Crippen LogP contribution is 2.14. The van der Waals surface area contributed by atoms with Crippen LogP contribution in [0.1, 0.15) is 11.1 Å². The number of carbonyl (C=O) groups is 1. The molecule has 0 bridgehead atoms. The van der Waals surface area contributed by atoms with Gasteiger partial charge in [0.2, 0.25) is 11.7 Å². The molecule has 3 rings (SSSR count). The van der Waals surface area contributed by atoms with Crippen molar-refractivity contribution in [3.8, 4) is 11.4 Å². The second-order valence-corrected chi connectivity index (χ2v) is 5.74. The Kier molecular flexibility index (Phi) is 4.65. The Morgan fingerprint density at radius 2 is 1.79 bits per heavy atom. The fraction of sp³-hybridized carbons (Fsp3) is 0.222. The van der Waals surface area contributed by atoms with Crippen LogP contribution in [-0.2, 0) is 17.9 Å². The number of carbonyl (C=O) groups excluding carboxylic acids is 1. The molecule has 6 nitrogen and oxygen atoms in total. The fourth-order valence-corrected chi connectivity index (χ4v) is 2.32. The molecule has 0 spiro atoms.